The zero-order chi connectivity index (χ0) is 16.1. The highest BCUT2D eigenvalue weighted by molar-refractivity contribution is 5.67. The number of hydrogen-bond donors (Lipinski definition) is 2. The third kappa shape index (κ3) is 4.22. The molecule has 2 aromatic rings. The molecule has 1 aromatic heterocycles. The van der Waals surface area contributed by atoms with E-state index in [0.717, 1.165) is 29.8 Å². The number of pyridine rings is 1. The van der Waals surface area contributed by atoms with E-state index in [4.69, 9.17) is 4.74 Å². The fourth-order valence-corrected chi connectivity index (χ4v) is 2.64. The number of carbonyl (C=O) groups is 1. The van der Waals surface area contributed by atoms with Crippen LogP contribution in [0.2, 0.25) is 0 Å². The van der Waals surface area contributed by atoms with Crippen LogP contribution in [0.5, 0.6) is 0 Å². The average Bonchev–Trinajstić information content (AvgIpc) is 2.54. The first-order chi connectivity index (χ1) is 11.2. The summed E-state index contributed by atoms with van der Waals surface area (Å²) in [4.78, 5) is 16.0. The Hall–Kier alpha value is -2.56. The number of nitrogens with one attached hydrogen (secondary N) is 2. The molecule has 1 heterocycles. The Bertz CT molecular complexity index is 654. The lowest BCUT2D eigenvalue weighted by atomic mass is 9.86. The second kappa shape index (κ2) is 7.13. The van der Waals surface area contributed by atoms with Crippen LogP contribution in [0.3, 0.4) is 0 Å². The molecule has 5 heteroatoms. The van der Waals surface area contributed by atoms with E-state index in [-0.39, 0.29) is 12.1 Å². The van der Waals surface area contributed by atoms with Crippen LogP contribution in [0.15, 0.2) is 48.7 Å². The second-order valence-corrected chi connectivity index (χ2v) is 5.85. The second-order valence-electron chi connectivity index (χ2n) is 5.85. The number of hydrogen-bond acceptors (Lipinski definition) is 4. The Morgan fingerprint density at radius 2 is 1.96 bits per heavy atom. The molecule has 0 bridgehead atoms. The summed E-state index contributed by atoms with van der Waals surface area (Å²) >= 11 is 0. The Morgan fingerprint density at radius 1 is 1.17 bits per heavy atom. The van der Waals surface area contributed by atoms with Crippen molar-refractivity contribution in [2.45, 2.75) is 38.5 Å². The maximum absolute atomic E-state index is 11.8. The molecule has 0 radical (unpaired) electrons. The summed E-state index contributed by atoms with van der Waals surface area (Å²) in [5.41, 5.74) is 3.04. The minimum Gasteiger partial charge on any atom is -0.445 e. The van der Waals surface area contributed by atoms with E-state index < -0.39 is 0 Å². The number of aromatic nitrogens is 1. The molecule has 0 unspecified atom stereocenters. The molecule has 0 spiro atoms. The molecule has 0 atom stereocenters. The lowest BCUT2D eigenvalue weighted by Gasteiger charge is -2.36. The van der Waals surface area contributed by atoms with Crippen LogP contribution in [0.4, 0.5) is 10.5 Å². The molecule has 1 aliphatic carbocycles. The number of benzene rings is 1. The van der Waals surface area contributed by atoms with Gasteiger partial charge in [-0.05, 0) is 37.5 Å². The summed E-state index contributed by atoms with van der Waals surface area (Å²) in [5, 5.41) is 6.35. The molecular weight excluding hydrogens is 290 g/mol. The summed E-state index contributed by atoms with van der Waals surface area (Å²) in [5.74, 6) is 0. The van der Waals surface area contributed by atoms with Crippen molar-refractivity contribution in [3.63, 3.8) is 0 Å². The Kier molecular flexibility index (Phi) is 4.76. The van der Waals surface area contributed by atoms with Crippen LogP contribution < -0.4 is 10.6 Å². The van der Waals surface area contributed by atoms with Gasteiger partial charge in [0.2, 0.25) is 0 Å². The number of aryl methyl sites for hydroxylation is 1. The zero-order valence-electron chi connectivity index (χ0n) is 13.2. The lowest BCUT2D eigenvalue weighted by molar-refractivity contribution is 0.129. The Balaban J connectivity index is 1.37. The number of carbonyl (C=O) groups excluding carboxylic acids is 1. The minimum absolute atomic E-state index is 0.174. The van der Waals surface area contributed by atoms with Gasteiger partial charge in [0, 0.05) is 18.3 Å². The number of nitrogens with zero attached hydrogens (tertiary/aromatic N) is 1. The predicted octanol–water partition coefficient (Wildman–Crippen LogP) is 3.26. The van der Waals surface area contributed by atoms with Gasteiger partial charge in [-0.25, -0.2) is 4.79 Å². The first-order valence-electron chi connectivity index (χ1n) is 7.86. The highest BCUT2D eigenvalue weighted by Crippen LogP contribution is 2.25. The fraction of sp³-hybridized carbons (Fsp3) is 0.333. The van der Waals surface area contributed by atoms with Gasteiger partial charge >= 0.3 is 6.09 Å². The lowest BCUT2D eigenvalue weighted by Crippen LogP contribution is -2.49. The van der Waals surface area contributed by atoms with Crippen molar-refractivity contribution in [1.29, 1.82) is 0 Å². The molecule has 1 aliphatic rings. The minimum atomic E-state index is -0.352. The van der Waals surface area contributed by atoms with E-state index in [2.05, 4.69) is 15.6 Å². The average molecular weight is 311 g/mol. The van der Waals surface area contributed by atoms with E-state index in [9.17, 15) is 4.79 Å². The molecule has 1 aromatic carbocycles. The number of ether oxygens (including phenoxy) is 1. The quantitative estimate of drug-likeness (QED) is 0.889. The molecule has 5 nitrogen and oxygen atoms in total. The van der Waals surface area contributed by atoms with Crippen LogP contribution >= 0.6 is 0 Å². The largest absolute Gasteiger partial charge is 0.445 e. The normalized spacial score (nSPS) is 19.5. The predicted molar refractivity (Wildman–Crippen MR) is 89.2 cm³/mol. The van der Waals surface area contributed by atoms with Crippen molar-refractivity contribution in [2.75, 3.05) is 5.32 Å². The molecule has 1 saturated carbocycles. The van der Waals surface area contributed by atoms with Crippen molar-refractivity contribution in [3.8, 4) is 0 Å². The first-order valence-corrected chi connectivity index (χ1v) is 7.86. The molecule has 2 N–H and O–H groups in total. The molecule has 0 aliphatic heterocycles. The first kappa shape index (κ1) is 15.3. The van der Waals surface area contributed by atoms with Crippen molar-refractivity contribution in [1.82, 2.24) is 10.3 Å². The summed E-state index contributed by atoms with van der Waals surface area (Å²) in [6, 6.07) is 14.2. The van der Waals surface area contributed by atoms with Crippen molar-refractivity contribution in [3.05, 3.63) is 59.9 Å². The maximum Gasteiger partial charge on any atom is 0.407 e. The summed E-state index contributed by atoms with van der Waals surface area (Å²) < 4.78 is 5.23. The van der Waals surface area contributed by atoms with Crippen LogP contribution in [0.1, 0.15) is 24.1 Å². The van der Waals surface area contributed by atoms with Crippen molar-refractivity contribution >= 4 is 11.8 Å². The van der Waals surface area contributed by atoms with Crippen molar-refractivity contribution < 1.29 is 9.53 Å². The summed E-state index contributed by atoms with van der Waals surface area (Å²) in [6.07, 6.45) is 3.23. The number of rotatable bonds is 5. The number of amides is 1. The number of anilines is 1. The van der Waals surface area contributed by atoms with Gasteiger partial charge in [0.25, 0.3) is 0 Å². The van der Waals surface area contributed by atoms with E-state index >= 15 is 0 Å². The van der Waals surface area contributed by atoms with Crippen molar-refractivity contribution in [2.24, 2.45) is 0 Å². The maximum atomic E-state index is 11.8. The van der Waals surface area contributed by atoms with E-state index in [1.807, 2.05) is 49.4 Å². The Labute approximate surface area is 136 Å². The SMILES string of the molecule is Cc1ncccc1NC1CC(NC(=O)OCc2ccccc2)C1. The molecule has 0 saturated heterocycles. The van der Waals surface area contributed by atoms with Gasteiger partial charge in [0.15, 0.2) is 0 Å². The van der Waals surface area contributed by atoms with Crippen LogP contribution in [-0.2, 0) is 11.3 Å². The molecule has 23 heavy (non-hydrogen) atoms. The highest BCUT2D eigenvalue weighted by Gasteiger charge is 2.30. The standard InChI is InChI=1S/C18H21N3O2/c1-13-17(8-5-9-19-13)20-15-10-16(11-15)21-18(22)23-12-14-6-3-2-4-7-14/h2-9,15-16,20H,10-12H2,1H3,(H,21,22). The van der Waals surface area contributed by atoms with E-state index in [0.29, 0.717) is 12.6 Å². The highest BCUT2D eigenvalue weighted by atomic mass is 16.5. The Morgan fingerprint density at radius 3 is 2.70 bits per heavy atom. The molecule has 1 fully saturated rings. The zero-order valence-corrected chi connectivity index (χ0v) is 13.2. The van der Waals surface area contributed by atoms with E-state index in [1.54, 1.807) is 6.20 Å². The molecular formula is C18H21N3O2. The van der Waals surface area contributed by atoms with Gasteiger partial charge in [-0.3, -0.25) is 4.98 Å². The monoisotopic (exact) mass is 311 g/mol. The molecule has 3 rings (SSSR count). The van der Waals surface area contributed by atoms with Gasteiger partial charge in [0.05, 0.1) is 11.4 Å². The third-order valence-corrected chi connectivity index (χ3v) is 4.04. The molecule has 1 amide bonds. The van der Waals surface area contributed by atoms with Gasteiger partial charge < -0.3 is 15.4 Å². The molecule has 120 valence electrons. The van der Waals surface area contributed by atoms with E-state index in [1.165, 1.54) is 0 Å². The van der Waals surface area contributed by atoms with Gasteiger partial charge in [-0.1, -0.05) is 30.3 Å². The number of alkyl carbamates (subject to hydrolysis) is 1. The summed E-state index contributed by atoms with van der Waals surface area (Å²) in [7, 11) is 0. The van der Waals surface area contributed by atoms with Gasteiger partial charge in [-0.2, -0.15) is 0 Å². The van der Waals surface area contributed by atoms with Crippen LogP contribution in [0.25, 0.3) is 0 Å². The fourth-order valence-electron chi connectivity index (χ4n) is 2.64. The van der Waals surface area contributed by atoms with Crippen LogP contribution in [-0.4, -0.2) is 23.2 Å². The van der Waals surface area contributed by atoms with Gasteiger partial charge in [0.1, 0.15) is 6.61 Å². The topological polar surface area (TPSA) is 63.2 Å². The summed E-state index contributed by atoms with van der Waals surface area (Å²) in [6.45, 7) is 2.29. The van der Waals surface area contributed by atoms with Gasteiger partial charge in [-0.15, -0.1) is 0 Å². The smallest absolute Gasteiger partial charge is 0.407 e. The van der Waals surface area contributed by atoms with Crippen LogP contribution in [0, 0.1) is 6.92 Å². The third-order valence-electron chi connectivity index (χ3n) is 4.04.